The third kappa shape index (κ3) is 0.924. The Bertz CT molecular complexity index is 134. The molecule has 3 heteroatoms. The fourth-order valence-electron chi connectivity index (χ4n) is 0.342. The van der Waals surface area contributed by atoms with Crippen LogP contribution in [0.2, 0.25) is 0 Å². The Labute approximate surface area is 41.3 Å². The van der Waals surface area contributed by atoms with Gasteiger partial charge in [0.05, 0.1) is 0 Å². The summed E-state index contributed by atoms with van der Waals surface area (Å²) in [5.74, 6) is 0.384. The minimum atomic E-state index is 0.384. The second kappa shape index (κ2) is 1.64. The molecule has 0 fully saturated rings. The molecule has 0 bridgehead atoms. The molecule has 0 unspecified atom stereocenters. The summed E-state index contributed by atoms with van der Waals surface area (Å²) in [4.78, 5) is 7.26. The summed E-state index contributed by atoms with van der Waals surface area (Å²) in [6.45, 7) is 0. The van der Waals surface area contributed by atoms with Crippen LogP contribution in [0.25, 0.3) is 0 Å². The molecule has 1 aliphatic rings. The largest absolute Gasteiger partial charge is 0.286 e. The van der Waals surface area contributed by atoms with Gasteiger partial charge in [0.25, 0.3) is 0 Å². The second-order valence-corrected chi connectivity index (χ2v) is 1.23. The smallest absolute Gasteiger partial charge is 0.127 e. The zero-order chi connectivity index (χ0) is 5.11. The van der Waals surface area contributed by atoms with Gasteiger partial charge in [-0.1, -0.05) is 0 Å². The molecule has 0 aromatic carbocycles. The molecule has 0 aliphatic carbocycles. The number of hydrogen-bond donors (Lipinski definition) is 1. The number of rotatable bonds is 0. The molecule has 1 N–H and O–H groups in total. The Balaban J connectivity index is 2.66. The molecule has 0 amide bonds. The molecular weight excluding hydrogens is 90.1 g/mol. The van der Waals surface area contributed by atoms with Gasteiger partial charge in [0, 0.05) is 12.6 Å². The number of aliphatic imine (C=N–C) groups is 2. The van der Waals surface area contributed by atoms with Crippen LogP contribution in [0.3, 0.4) is 0 Å². The summed E-state index contributed by atoms with van der Waals surface area (Å²) in [5, 5.41) is 6.90. The highest BCUT2D eigenvalue weighted by molar-refractivity contribution is 6.01. The van der Waals surface area contributed by atoms with Crippen molar-refractivity contribution in [3.63, 3.8) is 0 Å². The summed E-state index contributed by atoms with van der Waals surface area (Å²) in [6.07, 6.45) is 3.62. The van der Waals surface area contributed by atoms with E-state index in [0.29, 0.717) is 12.3 Å². The maximum Gasteiger partial charge on any atom is 0.127 e. The lowest BCUT2D eigenvalue weighted by Crippen LogP contribution is -1.96. The molecule has 0 saturated carbocycles. The summed E-state index contributed by atoms with van der Waals surface area (Å²) >= 11 is 0. The van der Waals surface area contributed by atoms with Crippen LogP contribution in [-0.4, -0.2) is 18.4 Å². The van der Waals surface area contributed by atoms with Crippen LogP contribution in [0.1, 0.15) is 6.42 Å². The Morgan fingerprint density at radius 3 is 2.86 bits per heavy atom. The van der Waals surface area contributed by atoms with E-state index in [1.165, 1.54) is 6.34 Å². The monoisotopic (exact) mass is 95.0 g/mol. The molecular formula is C4H5N3. The zero-order valence-corrected chi connectivity index (χ0v) is 3.76. The van der Waals surface area contributed by atoms with E-state index in [-0.39, 0.29) is 0 Å². The van der Waals surface area contributed by atoms with Gasteiger partial charge in [-0.3, -0.25) is 5.41 Å². The fraction of sp³-hybridized carbons (Fsp3) is 0.250. The van der Waals surface area contributed by atoms with Gasteiger partial charge in [0.2, 0.25) is 0 Å². The first-order valence-electron chi connectivity index (χ1n) is 2.01. The van der Waals surface area contributed by atoms with Crippen LogP contribution in [0.15, 0.2) is 9.98 Å². The van der Waals surface area contributed by atoms with Crippen molar-refractivity contribution in [2.45, 2.75) is 6.42 Å². The molecule has 3 nitrogen and oxygen atoms in total. The number of nitrogens with zero attached hydrogens (tertiary/aromatic N) is 2. The normalized spacial score (nSPS) is 18.0. The fourth-order valence-corrected chi connectivity index (χ4v) is 0.342. The van der Waals surface area contributed by atoms with E-state index in [4.69, 9.17) is 5.41 Å². The number of hydrogen-bond acceptors (Lipinski definition) is 2. The lowest BCUT2D eigenvalue weighted by Gasteiger charge is -1.91. The van der Waals surface area contributed by atoms with Gasteiger partial charge in [0.15, 0.2) is 0 Å². The summed E-state index contributed by atoms with van der Waals surface area (Å²) < 4.78 is 0. The summed E-state index contributed by atoms with van der Waals surface area (Å²) in [7, 11) is 0. The van der Waals surface area contributed by atoms with Gasteiger partial charge in [-0.25, -0.2) is 9.98 Å². The van der Waals surface area contributed by atoms with Gasteiger partial charge in [-0.15, -0.1) is 0 Å². The van der Waals surface area contributed by atoms with Gasteiger partial charge in [-0.05, 0) is 0 Å². The molecule has 1 heterocycles. The van der Waals surface area contributed by atoms with E-state index in [9.17, 15) is 0 Å². The maximum absolute atomic E-state index is 6.90. The van der Waals surface area contributed by atoms with E-state index < -0.39 is 0 Å². The molecule has 0 aromatic heterocycles. The minimum Gasteiger partial charge on any atom is -0.286 e. The first-order valence-corrected chi connectivity index (χ1v) is 2.01. The van der Waals surface area contributed by atoms with Crippen LogP contribution in [-0.2, 0) is 0 Å². The molecule has 1 aliphatic heterocycles. The predicted octanol–water partition coefficient (Wildman–Crippen LogP) is 0.466. The summed E-state index contributed by atoms with van der Waals surface area (Å²) in [5.41, 5.74) is 0. The van der Waals surface area contributed by atoms with E-state index in [0.717, 1.165) is 0 Å². The van der Waals surface area contributed by atoms with Crippen LogP contribution < -0.4 is 0 Å². The number of nitrogens with one attached hydrogen (secondary N) is 1. The van der Waals surface area contributed by atoms with Crippen molar-refractivity contribution in [2.24, 2.45) is 9.98 Å². The third-order valence-electron chi connectivity index (χ3n) is 0.670. The predicted molar refractivity (Wildman–Crippen MR) is 29.3 cm³/mol. The SMILES string of the molecule is N=C1CC=NC=N1. The Kier molecular flexibility index (Phi) is 0.978. The van der Waals surface area contributed by atoms with Gasteiger partial charge >= 0.3 is 0 Å². The van der Waals surface area contributed by atoms with E-state index in [2.05, 4.69) is 9.98 Å². The van der Waals surface area contributed by atoms with Gasteiger partial charge in [0.1, 0.15) is 12.2 Å². The van der Waals surface area contributed by atoms with Crippen molar-refractivity contribution in [3.05, 3.63) is 0 Å². The van der Waals surface area contributed by atoms with Crippen molar-refractivity contribution in [1.29, 1.82) is 5.41 Å². The van der Waals surface area contributed by atoms with Crippen LogP contribution in [0.4, 0.5) is 0 Å². The first kappa shape index (κ1) is 4.18. The minimum absolute atomic E-state index is 0.384. The topological polar surface area (TPSA) is 48.6 Å². The van der Waals surface area contributed by atoms with E-state index >= 15 is 0 Å². The lowest BCUT2D eigenvalue weighted by atomic mass is 10.4. The molecule has 7 heavy (non-hydrogen) atoms. The first-order chi connectivity index (χ1) is 3.39. The van der Waals surface area contributed by atoms with E-state index in [1.54, 1.807) is 6.21 Å². The molecule has 0 saturated heterocycles. The summed E-state index contributed by atoms with van der Waals surface area (Å²) in [6, 6.07) is 0. The Hall–Kier alpha value is -0.990. The van der Waals surface area contributed by atoms with Crippen LogP contribution in [0, 0.1) is 5.41 Å². The Morgan fingerprint density at radius 2 is 2.57 bits per heavy atom. The highest BCUT2D eigenvalue weighted by Gasteiger charge is 1.89. The van der Waals surface area contributed by atoms with Crippen molar-refractivity contribution in [3.8, 4) is 0 Å². The molecule has 1 rings (SSSR count). The average Bonchev–Trinajstić information content (AvgIpc) is 1.69. The quantitative estimate of drug-likeness (QED) is 0.454. The highest BCUT2D eigenvalue weighted by atomic mass is 14.9. The standard InChI is InChI=1S/C4H5N3/c5-4-1-2-6-3-7-4/h2-3,5H,1H2. The van der Waals surface area contributed by atoms with Crippen molar-refractivity contribution in [2.75, 3.05) is 0 Å². The van der Waals surface area contributed by atoms with E-state index in [1.807, 2.05) is 0 Å². The lowest BCUT2D eigenvalue weighted by molar-refractivity contribution is 1.34. The molecule has 0 spiro atoms. The molecule has 0 radical (unpaired) electrons. The third-order valence-corrected chi connectivity index (χ3v) is 0.670. The highest BCUT2D eigenvalue weighted by Crippen LogP contribution is 1.85. The zero-order valence-electron chi connectivity index (χ0n) is 3.76. The maximum atomic E-state index is 6.90. The number of amidine groups is 1. The van der Waals surface area contributed by atoms with Crippen molar-refractivity contribution >= 4 is 18.4 Å². The van der Waals surface area contributed by atoms with Crippen LogP contribution >= 0.6 is 0 Å². The van der Waals surface area contributed by atoms with Gasteiger partial charge in [-0.2, -0.15) is 0 Å². The average molecular weight is 95.1 g/mol. The molecule has 36 valence electrons. The van der Waals surface area contributed by atoms with Gasteiger partial charge < -0.3 is 0 Å². The second-order valence-electron chi connectivity index (χ2n) is 1.23. The van der Waals surface area contributed by atoms with Crippen molar-refractivity contribution in [1.82, 2.24) is 0 Å². The molecule has 0 atom stereocenters. The van der Waals surface area contributed by atoms with Crippen molar-refractivity contribution < 1.29 is 0 Å². The Morgan fingerprint density at radius 1 is 1.71 bits per heavy atom. The molecule has 0 aromatic rings. The van der Waals surface area contributed by atoms with Crippen LogP contribution in [0.5, 0.6) is 0 Å².